The van der Waals surface area contributed by atoms with Crippen LogP contribution in [0.25, 0.3) is 22.1 Å². The molecule has 3 rings (SSSR count). The molecule has 0 bridgehead atoms. The van der Waals surface area contributed by atoms with Gasteiger partial charge in [0.05, 0.1) is 4.51 Å². The molecule has 3 aromatic rings. The zero-order chi connectivity index (χ0) is 11.7. The van der Waals surface area contributed by atoms with Gasteiger partial charge in [-0.1, -0.05) is 54.7 Å². The summed E-state index contributed by atoms with van der Waals surface area (Å²) in [5.41, 5.74) is 2.89. The minimum absolute atomic E-state index is 0.831. The van der Waals surface area contributed by atoms with Crippen molar-refractivity contribution in [1.82, 2.24) is 0 Å². The number of para-hydroxylation sites is 1. The van der Waals surface area contributed by atoms with Gasteiger partial charge in [0, 0.05) is 10.9 Å². The number of hydrogen-bond donors (Lipinski definition) is 0. The van der Waals surface area contributed by atoms with Crippen LogP contribution in [0.1, 0.15) is 0 Å². The molecule has 0 radical (unpaired) electrons. The van der Waals surface area contributed by atoms with Gasteiger partial charge in [-0.2, -0.15) is 0 Å². The summed E-state index contributed by atoms with van der Waals surface area (Å²) in [7, 11) is 0. The highest BCUT2D eigenvalue weighted by atomic mass is 32.1. The first kappa shape index (κ1) is 10.2. The largest absolute Gasteiger partial charge is 0.464 e. The van der Waals surface area contributed by atoms with Crippen molar-refractivity contribution in [2.75, 3.05) is 0 Å². The van der Waals surface area contributed by atoms with Crippen molar-refractivity contribution < 1.29 is 4.42 Å². The quantitative estimate of drug-likeness (QED) is 0.563. The highest BCUT2D eigenvalue weighted by Crippen LogP contribution is 2.26. The van der Waals surface area contributed by atoms with Crippen LogP contribution in [0.4, 0.5) is 0 Å². The standard InChI is InChI=1S/C15H10OS/c17-15-12-8-4-5-9-14(12)16-10-13(15)11-6-2-1-3-7-11/h1-10H. The third kappa shape index (κ3) is 1.77. The maximum Gasteiger partial charge on any atom is 0.135 e. The molecular weight excluding hydrogens is 228 g/mol. The van der Waals surface area contributed by atoms with Gasteiger partial charge < -0.3 is 4.42 Å². The van der Waals surface area contributed by atoms with Crippen molar-refractivity contribution in [3.05, 3.63) is 65.4 Å². The number of rotatable bonds is 1. The van der Waals surface area contributed by atoms with Crippen LogP contribution < -0.4 is 0 Å². The zero-order valence-corrected chi connectivity index (χ0v) is 9.91. The van der Waals surface area contributed by atoms with Crippen molar-refractivity contribution in [2.24, 2.45) is 0 Å². The van der Waals surface area contributed by atoms with Gasteiger partial charge in [-0.25, -0.2) is 0 Å². The molecule has 2 aromatic carbocycles. The number of hydrogen-bond acceptors (Lipinski definition) is 2. The smallest absolute Gasteiger partial charge is 0.135 e. The number of benzene rings is 2. The summed E-state index contributed by atoms with van der Waals surface area (Å²) in [4.78, 5) is 0. The third-order valence-electron chi connectivity index (χ3n) is 2.76. The lowest BCUT2D eigenvalue weighted by Gasteiger charge is -2.03. The number of fused-ring (bicyclic) bond motifs is 1. The van der Waals surface area contributed by atoms with E-state index >= 15 is 0 Å². The van der Waals surface area contributed by atoms with E-state index in [1.54, 1.807) is 6.26 Å². The van der Waals surface area contributed by atoms with Crippen LogP contribution in [0.2, 0.25) is 0 Å². The lowest BCUT2D eigenvalue weighted by Crippen LogP contribution is -1.81. The predicted molar refractivity (Wildman–Crippen MR) is 72.5 cm³/mol. The molecule has 0 saturated carbocycles. The lowest BCUT2D eigenvalue weighted by atomic mass is 10.1. The molecule has 0 saturated heterocycles. The first-order chi connectivity index (χ1) is 8.36. The van der Waals surface area contributed by atoms with E-state index in [0.717, 1.165) is 26.6 Å². The van der Waals surface area contributed by atoms with Gasteiger partial charge >= 0.3 is 0 Å². The average molecular weight is 238 g/mol. The molecule has 0 aliphatic heterocycles. The summed E-state index contributed by atoms with van der Waals surface area (Å²) in [5, 5.41) is 0.990. The van der Waals surface area contributed by atoms with E-state index in [0.29, 0.717) is 0 Å². The van der Waals surface area contributed by atoms with Gasteiger partial charge in [0.1, 0.15) is 11.8 Å². The van der Waals surface area contributed by atoms with Crippen molar-refractivity contribution in [3.63, 3.8) is 0 Å². The molecule has 17 heavy (non-hydrogen) atoms. The van der Waals surface area contributed by atoms with Crippen LogP contribution >= 0.6 is 12.2 Å². The van der Waals surface area contributed by atoms with Crippen molar-refractivity contribution in [2.45, 2.75) is 0 Å². The van der Waals surface area contributed by atoms with E-state index < -0.39 is 0 Å². The fraction of sp³-hybridized carbons (Fsp3) is 0. The minimum Gasteiger partial charge on any atom is -0.464 e. The van der Waals surface area contributed by atoms with Crippen LogP contribution in [-0.4, -0.2) is 0 Å². The summed E-state index contributed by atoms with van der Waals surface area (Å²) >= 11 is 5.52. The van der Waals surface area contributed by atoms with Gasteiger partial charge in [-0.05, 0) is 17.7 Å². The molecule has 2 heteroatoms. The summed E-state index contributed by atoms with van der Waals surface area (Å²) in [6.45, 7) is 0. The van der Waals surface area contributed by atoms with Crippen molar-refractivity contribution >= 4 is 23.2 Å². The Labute approximate surface area is 104 Å². The van der Waals surface area contributed by atoms with Crippen LogP contribution in [0.15, 0.2) is 65.3 Å². The first-order valence-electron chi connectivity index (χ1n) is 5.42. The van der Waals surface area contributed by atoms with Gasteiger partial charge in [-0.3, -0.25) is 0 Å². The molecule has 0 N–H and O–H groups in total. The van der Waals surface area contributed by atoms with Crippen LogP contribution in [0, 0.1) is 4.51 Å². The highest BCUT2D eigenvalue weighted by Gasteiger charge is 2.04. The first-order valence-corrected chi connectivity index (χ1v) is 5.83. The molecule has 0 amide bonds. The topological polar surface area (TPSA) is 13.1 Å². The Morgan fingerprint density at radius 3 is 2.35 bits per heavy atom. The van der Waals surface area contributed by atoms with E-state index in [9.17, 15) is 0 Å². The van der Waals surface area contributed by atoms with Crippen molar-refractivity contribution in [1.29, 1.82) is 0 Å². The fourth-order valence-corrected chi connectivity index (χ4v) is 2.23. The molecule has 0 aliphatic carbocycles. The second-order valence-electron chi connectivity index (χ2n) is 3.84. The van der Waals surface area contributed by atoms with Gasteiger partial charge in [0.25, 0.3) is 0 Å². The maximum atomic E-state index is 5.61. The van der Waals surface area contributed by atoms with E-state index in [2.05, 4.69) is 0 Å². The second kappa shape index (κ2) is 4.15. The minimum atomic E-state index is 0.831. The second-order valence-corrected chi connectivity index (χ2v) is 4.25. The molecule has 0 unspecified atom stereocenters. The van der Waals surface area contributed by atoms with Crippen molar-refractivity contribution in [3.8, 4) is 11.1 Å². The third-order valence-corrected chi connectivity index (χ3v) is 3.20. The van der Waals surface area contributed by atoms with Gasteiger partial charge in [0.2, 0.25) is 0 Å². The van der Waals surface area contributed by atoms with Gasteiger partial charge in [0.15, 0.2) is 0 Å². The molecule has 1 nitrogen and oxygen atoms in total. The normalized spacial score (nSPS) is 10.6. The Kier molecular flexibility index (Phi) is 2.50. The molecule has 1 aromatic heterocycles. The summed E-state index contributed by atoms with van der Waals surface area (Å²) in [6.07, 6.45) is 1.74. The van der Waals surface area contributed by atoms with E-state index in [4.69, 9.17) is 16.6 Å². The Morgan fingerprint density at radius 2 is 1.53 bits per heavy atom. The Bertz CT molecular complexity index is 714. The SMILES string of the molecule is S=c1c(-c2ccccc2)coc2ccccc12. The molecule has 0 aliphatic rings. The Morgan fingerprint density at radius 1 is 0.824 bits per heavy atom. The Hall–Kier alpha value is -1.93. The summed E-state index contributed by atoms with van der Waals surface area (Å²) < 4.78 is 6.46. The van der Waals surface area contributed by atoms with E-state index in [-0.39, 0.29) is 0 Å². The summed E-state index contributed by atoms with van der Waals surface area (Å²) in [6, 6.07) is 17.9. The van der Waals surface area contributed by atoms with Gasteiger partial charge in [-0.15, -0.1) is 0 Å². The molecular formula is C15H10OS. The van der Waals surface area contributed by atoms with Crippen LogP contribution in [0.5, 0.6) is 0 Å². The summed E-state index contributed by atoms with van der Waals surface area (Å²) in [5.74, 6) is 0. The Balaban J connectivity index is 2.33. The van der Waals surface area contributed by atoms with E-state index in [1.807, 2.05) is 54.6 Å². The molecule has 82 valence electrons. The van der Waals surface area contributed by atoms with Crippen LogP contribution in [0.3, 0.4) is 0 Å². The molecule has 0 atom stereocenters. The molecule has 0 spiro atoms. The molecule has 1 heterocycles. The average Bonchev–Trinajstić information content (AvgIpc) is 2.40. The maximum absolute atomic E-state index is 5.61. The fourth-order valence-electron chi connectivity index (χ4n) is 1.89. The molecule has 0 fully saturated rings. The predicted octanol–water partition coefficient (Wildman–Crippen LogP) is 4.83. The lowest BCUT2D eigenvalue weighted by molar-refractivity contribution is 0.605. The monoisotopic (exact) mass is 238 g/mol. The zero-order valence-electron chi connectivity index (χ0n) is 9.09. The van der Waals surface area contributed by atoms with E-state index in [1.165, 1.54) is 0 Å². The highest BCUT2D eigenvalue weighted by molar-refractivity contribution is 7.71. The van der Waals surface area contributed by atoms with Crippen LogP contribution in [-0.2, 0) is 0 Å².